The van der Waals surface area contributed by atoms with E-state index >= 15 is 0 Å². The first-order chi connectivity index (χ1) is 24.2. The summed E-state index contributed by atoms with van der Waals surface area (Å²) in [4.78, 5) is 44.6. The first-order valence-corrected chi connectivity index (χ1v) is 16.5. The van der Waals surface area contributed by atoms with Crippen LogP contribution in [0.2, 0.25) is 0 Å². The van der Waals surface area contributed by atoms with Gasteiger partial charge >= 0.3 is 11.9 Å². The fourth-order valence-electron chi connectivity index (χ4n) is 5.32. The number of thiazole rings is 1. The van der Waals surface area contributed by atoms with Crippen LogP contribution in [0.5, 0.6) is 23.0 Å². The van der Waals surface area contributed by atoms with E-state index in [4.69, 9.17) is 28.9 Å². The maximum Gasteiger partial charge on any atom is 0.343 e. The summed E-state index contributed by atoms with van der Waals surface area (Å²) < 4.78 is 35.2. The van der Waals surface area contributed by atoms with Crippen LogP contribution in [0.4, 0.5) is 0 Å². The standard InChI is InChI=1S/C37H35N3O9S/c1-6-46-29-17-25(15-16-27(29)48-21-31(41)45-5)33-32(36(43)47-7-2)22(3)39-37-40(33)35(42)30(50-37)18-26-9-8-10-28(44-4)34(26)49-20-24-13-11-23(19-38)12-14-24/h8-18,33H,6-7,20-21H2,1-5H3/b30-18+/t33-/m1/s1. The van der Waals surface area contributed by atoms with Gasteiger partial charge in [-0.25, -0.2) is 14.6 Å². The quantitative estimate of drug-likeness (QED) is 0.186. The molecule has 0 amide bonds. The second kappa shape index (κ2) is 16.0. The van der Waals surface area contributed by atoms with Crippen molar-refractivity contribution in [1.29, 1.82) is 5.26 Å². The van der Waals surface area contributed by atoms with Crippen LogP contribution < -0.4 is 33.8 Å². The van der Waals surface area contributed by atoms with E-state index in [2.05, 4.69) is 15.8 Å². The van der Waals surface area contributed by atoms with Gasteiger partial charge in [-0.2, -0.15) is 5.26 Å². The van der Waals surface area contributed by atoms with Crippen molar-refractivity contribution in [2.45, 2.75) is 33.4 Å². The predicted molar refractivity (Wildman–Crippen MR) is 184 cm³/mol. The number of hydrogen-bond acceptors (Lipinski definition) is 12. The monoisotopic (exact) mass is 697 g/mol. The summed E-state index contributed by atoms with van der Waals surface area (Å²) >= 11 is 1.17. The minimum Gasteiger partial charge on any atom is -0.493 e. The van der Waals surface area contributed by atoms with Crippen molar-refractivity contribution in [3.63, 3.8) is 0 Å². The number of nitriles is 1. The highest BCUT2D eigenvalue weighted by Crippen LogP contribution is 2.37. The van der Waals surface area contributed by atoms with E-state index in [-0.39, 0.29) is 32.0 Å². The van der Waals surface area contributed by atoms with E-state index in [1.807, 2.05) is 18.2 Å². The number of nitrogens with zero attached hydrogens (tertiary/aromatic N) is 3. The van der Waals surface area contributed by atoms with Crippen LogP contribution in [-0.2, 0) is 25.7 Å². The van der Waals surface area contributed by atoms with Gasteiger partial charge in [0.2, 0.25) is 0 Å². The zero-order valence-electron chi connectivity index (χ0n) is 28.2. The smallest absolute Gasteiger partial charge is 0.343 e. The Morgan fingerprint density at radius 3 is 2.44 bits per heavy atom. The lowest BCUT2D eigenvalue weighted by Crippen LogP contribution is -2.40. The van der Waals surface area contributed by atoms with E-state index in [0.29, 0.717) is 54.7 Å². The van der Waals surface area contributed by atoms with E-state index in [1.54, 1.807) is 69.3 Å². The van der Waals surface area contributed by atoms with Crippen LogP contribution >= 0.6 is 11.3 Å². The summed E-state index contributed by atoms with van der Waals surface area (Å²) in [5.74, 6) is 0.326. The highest BCUT2D eigenvalue weighted by atomic mass is 32.1. The van der Waals surface area contributed by atoms with Gasteiger partial charge in [0, 0.05) is 5.56 Å². The van der Waals surface area contributed by atoms with E-state index in [1.165, 1.54) is 30.1 Å². The molecular formula is C37H35N3O9S. The summed E-state index contributed by atoms with van der Waals surface area (Å²) in [6.45, 7) is 5.47. The maximum atomic E-state index is 14.3. The molecule has 0 N–H and O–H groups in total. The lowest BCUT2D eigenvalue weighted by molar-refractivity contribution is -0.143. The maximum absolute atomic E-state index is 14.3. The summed E-state index contributed by atoms with van der Waals surface area (Å²) in [5, 5.41) is 9.13. The van der Waals surface area contributed by atoms with E-state index < -0.39 is 23.5 Å². The van der Waals surface area contributed by atoms with E-state index in [9.17, 15) is 14.4 Å². The molecule has 0 aliphatic carbocycles. The number of rotatable bonds is 13. The number of fused-ring (bicyclic) bond motifs is 1. The van der Waals surface area contributed by atoms with Gasteiger partial charge in [0.1, 0.15) is 6.61 Å². The average molecular weight is 698 g/mol. The zero-order chi connectivity index (χ0) is 35.8. The number of para-hydroxylation sites is 1. The molecule has 12 nitrogen and oxygen atoms in total. The largest absolute Gasteiger partial charge is 0.493 e. The second-order valence-electron chi connectivity index (χ2n) is 10.8. The molecule has 0 unspecified atom stereocenters. The Bertz CT molecular complexity index is 2160. The third-order valence-corrected chi connectivity index (χ3v) is 8.64. The first kappa shape index (κ1) is 35.4. The SMILES string of the molecule is CCOC(=O)C1=C(C)N=c2s/c(=C/c3cccc(OC)c3OCc3ccc(C#N)cc3)c(=O)n2[C@@H]1c1ccc(OCC(=O)OC)c(OCC)c1. The summed E-state index contributed by atoms with van der Waals surface area (Å²) in [5.41, 5.74) is 2.72. The number of esters is 2. The van der Waals surface area contributed by atoms with Crippen molar-refractivity contribution in [2.75, 3.05) is 34.0 Å². The van der Waals surface area contributed by atoms with Crippen LogP contribution in [-0.4, -0.2) is 50.5 Å². The number of hydrogen-bond donors (Lipinski definition) is 0. The molecule has 13 heteroatoms. The molecule has 0 fully saturated rings. The van der Waals surface area contributed by atoms with Crippen molar-refractivity contribution in [3.05, 3.63) is 114 Å². The minimum atomic E-state index is -0.918. The molecule has 1 aromatic heterocycles. The molecule has 3 aromatic carbocycles. The molecular weight excluding hydrogens is 662 g/mol. The number of carbonyl (C=O) groups excluding carboxylic acids is 2. The molecule has 0 bridgehead atoms. The highest BCUT2D eigenvalue weighted by Gasteiger charge is 2.34. The molecule has 1 aliphatic heterocycles. The van der Waals surface area contributed by atoms with Gasteiger partial charge in [-0.15, -0.1) is 0 Å². The van der Waals surface area contributed by atoms with Gasteiger partial charge in [-0.3, -0.25) is 9.36 Å². The molecule has 50 heavy (non-hydrogen) atoms. The molecule has 0 saturated carbocycles. The van der Waals surface area contributed by atoms with Crippen LogP contribution in [0.3, 0.4) is 0 Å². The van der Waals surface area contributed by atoms with Gasteiger partial charge in [0.05, 0.1) is 60.9 Å². The number of allylic oxidation sites excluding steroid dienone is 1. The second-order valence-corrected chi connectivity index (χ2v) is 11.8. The molecule has 258 valence electrons. The van der Waals surface area contributed by atoms with Gasteiger partial charge in [-0.05, 0) is 68.3 Å². The van der Waals surface area contributed by atoms with Crippen molar-refractivity contribution < 1.29 is 38.0 Å². The Morgan fingerprint density at radius 1 is 0.980 bits per heavy atom. The topological polar surface area (TPSA) is 148 Å². The highest BCUT2D eigenvalue weighted by molar-refractivity contribution is 7.07. The minimum absolute atomic E-state index is 0.123. The lowest BCUT2D eigenvalue weighted by atomic mass is 9.95. The van der Waals surface area contributed by atoms with Crippen molar-refractivity contribution in [3.8, 4) is 29.1 Å². The molecule has 0 saturated heterocycles. The van der Waals surface area contributed by atoms with Crippen LogP contribution in [0, 0.1) is 11.3 Å². The molecule has 0 spiro atoms. The van der Waals surface area contributed by atoms with Crippen LogP contribution in [0.25, 0.3) is 6.08 Å². The normalized spacial score (nSPS) is 13.8. The Labute approximate surface area is 292 Å². The van der Waals surface area contributed by atoms with Crippen molar-refractivity contribution in [2.24, 2.45) is 4.99 Å². The lowest BCUT2D eigenvalue weighted by Gasteiger charge is -2.25. The summed E-state index contributed by atoms with van der Waals surface area (Å²) in [6, 6.07) is 18.6. The fraction of sp³-hybridized carbons (Fsp3) is 0.270. The molecule has 5 rings (SSSR count). The number of benzene rings is 3. The van der Waals surface area contributed by atoms with Gasteiger partial charge in [-0.1, -0.05) is 41.7 Å². The Morgan fingerprint density at radius 2 is 1.76 bits per heavy atom. The Hall–Kier alpha value is -5.87. The van der Waals surface area contributed by atoms with Crippen molar-refractivity contribution in [1.82, 2.24) is 4.57 Å². The third-order valence-electron chi connectivity index (χ3n) is 7.66. The van der Waals surface area contributed by atoms with Crippen molar-refractivity contribution >= 4 is 29.4 Å². The number of aromatic nitrogens is 1. The average Bonchev–Trinajstić information content (AvgIpc) is 3.43. The Kier molecular flexibility index (Phi) is 11.4. The molecule has 1 atom stereocenters. The zero-order valence-corrected chi connectivity index (χ0v) is 29.0. The number of ether oxygens (including phenoxy) is 6. The predicted octanol–water partition coefficient (Wildman–Crippen LogP) is 4.21. The fourth-order valence-corrected chi connectivity index (χ4v) is 6.36. The van der Waals surface area contributed by atoms with Gasteiger partial charge < -0.3 is 28.4 Å². The molecule has 4 aromatic rings. The van der Waals surface area contributed by atoms with E-state index in [0.717, 1.165) is 5.56 Å². The summed E-state index contributed by atoms with van der Waals surface area (Å²) in [6.07, 6.45) is 1.70. The van der Waals surface area contributed by atoms with Gasteiger partial charge in [0.25, 0.3) is 5.56 Å². The first-order valence-electron chi connectivity index (χ1n) is 15.7. The van der Waals surface area contributed by atoms with Crippen LogP contribution in [0.15, 0.2) is 81.7 Å². The van der Waals surface area contributed by atoms with Crippen LogP contribution in [0.1, 0.15) is 49.1 Å². The summed E-state index contributed by atoms with van der Waals surface area (Å²) in [7, 11) is 2.79. The molecule has 0 radical (unpaired) electrons. The molecule has 2 heterocycles. The third kappa shape index (κ3) is 7.55. The number of carbonyl (C=O) groups is 2. The molecule has 1 aliphatic rings. The Balaban J connectivity index is 1.62. The number of methoxy groups -OCH3 is 2. The van der Waals surface area contributed by atoms with Gasteiger partial charge in [0.15, 0.2) is 34.4 Å².